The Bertz CT molecular complexity index is 2660. The number of hydrogen-bond acceptors (Lipinski definition) is 12. The molecule has 1 fully saturated rings. The summed E-state index contributed by atoms with van der Waals surface area (Å²) in [7, 11) is -0.317. The highest BCUT2D eigenvalue weighted by Gasteiger charge is 2.51. The third-order valence-electron chi connectivity index (χ3n) is 9.69. The van der Waals surface area contributed by atoms with Gasteiger partial charge in [-0.05, 0) is 112 Å². The molecule has 9 rings (SSSR count). The van der Waals surface area contributed by atoms with Crippen molar-refractivity contribution in [2.75, 3.05) is 11.5 Å². The third kappa shape index (κ3) is 7.75. The molecule has 1 aliphatic heterocycles. The molecule has 7 heterocycles. The van der Waals surface area contributed by atoms with Crippen LogP contribution in [0.4, 0.5) is 11.6 Å². The van der Waals surface area contributed by atoms with Gasteiger partial charge in [0.2, 0.25) is 0 Å². The average Bonchev–Trinajstić information content (AvgIpc) is 3.99. The molecule has 56 heavy (non-hydrogen) atoms. The number of H-pyrrole nitrogens is 2. The second-order valence-corrected chi connectivity index (χ2v) is 15.3. The van der Waals surface area contributed by atoms with Crippen molar-refractivity contribution in [1.29, 1.82) is 0 Å². The lowest BCUT2D eigenvalue weighted by atomic mass is 9.78. The van der Waals surface area contributed by atoms with Gasteiger partial charge in [-0.3, -0.25) is 10.2 Å². The molecule has 8 aromatic rings. The van der Waals surface area contributed by atoms with Crippen molar-refractivity contribution in [2.45, 2.75) is 66.6 Å². The van der Waals surface area contributed by atoms with E-state index in [1.54, 1.807) is 21.8 Å². The SMILES string of the molecule is Cc1cc(B2OC(C)(C)C(C)(C)O2)cc2cn[nH]c12.Cc1ccn(-c2nc(N)cnc2-c2cc(C)c3[nH]ncc3c2)n1.Cc1ccn(-c2nc(N)cnc2Br)n1. The van der Waals surface area contributed by atoms with Gasteiger partial charge in [0.15, 0.2) is 16.2 Å². The molecule has 0 saturated carbocycles. The lowest BCUT2D eigenvalue weighted by molar-refractivity contribution is 0.00578. The van der Waals surface area contributed by atoms with Crippen molar-refractivity contribution in [1.82, 2.24) is 59.9 Å². The molecule has 0 bridgehead atoms. The molecule has 286 valence electrons. The first-order valence-electron chi connectivity index (χ1n) is 17.8. The molecular formula is C38H42BBrN14O2. The Kier molecular flexibility index (Phi) is 10.2. The van der Waals surface area contributed by atoms with Gasteiger partial charge in [0.05, 0.1) is 58.4 Å². The van der Waals surface area contributed by atoms with Gasteiger partial charge in [-0.15, -0.1) is 0 Å². The molecule has 6 N–H and O–H groups in total. The van der Waals surface area contributed by atoms with Gasteiger partial charge in [0.1, 0.15) is 17.3 Å². The van der Waals surface area contributed by atoms with Gasteiger partial charge >= 0.3 is 7.12 Å². The van der Waals surface area contributed by atoms with E-state index in [1.807, 2.05) is 57.6 Å². The Morgan fingerprint density at radius 2 is 1.20 bits per heavy atom. The fraction of sp³-hybridized carbons (Fsp3) is 0.263. The molecule has 0 radical (unpaired) electrons. The fourth-order valence-electron chi connectivity index (χ4n) is 6.10. The van der Waals surface area contributed by atoms with Crippen LogP contribution in [0, 0.1) is 27.7 Å². The molecule has 6 aromatic heterocycles. The Hall–Kier alpha value is -5.98. The van der Waals surface area contributed by atoms with Crippen LogP contribution in [0.1, 0.15) is 50.2 Å². The van der Waals surface area contributed by atoms with Crippen LogP contribution >= 0.6 is 15.9 Å². The fourth-order valence-corrected chi connectivity index (χ4v) is 6.47. The Morgan fingerprint density at radius 3 is 1.77 bits per heavy atom. The molecule has 18 heteroatoms. The highest BCUT2D eigenvalue weighted by Crippen LogP contribution is 2.37. The number of halogens is 1. The summed E-state index contributed by atoms with van der Waals surface area (Å²) in [5.41, 5.74) is 19.6. The van der Waals surface area contributed by atoms with Gasteiger partial charge in [0.25, 0.3) is 0 Å². The minimum Gasteiger partial charge on any atom is -0.399 e. The summed E-state index contributed by atoms with van der Waals surface area (Å²) in [6.45, 7) is 16.2. The van der Waals surface area contributed by atoms with E-state index in [4.69, 9.17) is 20.8 Å². The summed E-state index contributed by atoms with van der Waals surface area (Å²) in [4.78, 5) is 17.1. The first-order chi connectivity index (χ1) is 26.6. The van der Waals surface area contributed by atoms with Crippen LogP contribution in [0.5, 0.6) is 0 Å². The van der Waals surface area contributed by atoms with Crippen LogP contribution in [0.3, 0.4) is 0 Å². The van der Waals surface area contributed by atoms with Crippen molar-refractivity contribution in [2.24, 2.45) is 0 Å². The molecular weight excluding hydrogens is 775 g/mol. The molecule has 0 unspecified atom stereocenters. The van der Waals surface area contributed by atoms with Crippen molar-refractivity contribution in [3.05, 3.63) is 101 Å². The lowest BCUT2D eigenvalue weighted by Crippen LogP contribution is -2.41. The van der Waals surface area contributed by atoms with Gasteiger partial charge in [-0.25, -0.2) is 29.3 Å². The normalized spacial score (nSPS) is 14.4. The van der Waals surface area contributed by atoms with Gasteiger partial charge in [-0.2, -0.15) is 20.4 Å². The van der Waals surface area contributed by atoms with Crippen LogP contribution < -0.4 is 16.9 Å². The molecule has 0 spiro atoms. The largest absolute Gasteiger partial charge is 0.494 e. The molecule has 1 aliphatic rings. The van der Waals surface area contributed by atoms with Crippen molar-refractivity contribution >= 4 is 62.0 Å². The topological polar surface area (TPSA) is 215 Å². The smallest absolute Gasteiger partial charge is 0.399 e. The van der Waals surface area contributed by atoms with Crippen LogP contribution in [0.15, 0.2) is 78.2 Å². The quantitative estimate of drug-likeness (QED) is 0.153. The number of nitrogens with zero attached hydrogens (tertiary/aromatic N) is 10. The predicted molar refractivity (Wildman–Crippen MR) is 221 cm³/mol. The summed E-state index contributed by atoms with van der Waals surface area (Å²) < 4.78 is 16.1. The van der Waals surface area contributed by atoms with Crippen LogP contribution in [0.25, 0.3) is 44.7 Å². The van der Waals surface area contributed by atoms with Gasteiger partial charge < -0.3 is 20.8 Å². The number of nitrogens with two attached hydrogens (primary N) is 2. The number of benzene rings is 2. The van der Waals surface area contributed by atoms with E-state index >= 15 is 0 Å². The number of rotatable bonds is 4. The maximum atomic E-state index is 6.08. The van der Waals surface area contributed by atoms with Gasteiger partial charge in [0, 0.05) is 28.7 Å². The third-order valence-corrected chi connectivity index (χ3v) is 10.3. The highest BCUT2D eigenvalue weighted by atomic mass is 79.9. The number of nitrogens with one attached hydrogen (secondary N) is 2. The Labute approximate surface area is 331 Å². The summed E-state index contributed by atoms with van der Waals surface area (Å²) in [5, 5.41) is 24.9. The van der Waals surface area contributed by atoms with E-state index < -0.39 is 0 Å². The highest BCUT2D eigenvalue weighted by molar-refractivity contribution is 9.10. The van der Waals surface area contributed by atoms with Crippen LogP contribution in [0.2, 0.25) is 0 Å². The summed E-state index contributed by atoms with van der Waals surface area (Å²) in [6, 6.07) is 12.1. The summed E-state index contributed by atoms with van der Waals surface area (Å²) >= 11 is 3.29. The molecule has 0 atom stereocenters. The zero-order valence-electron chi connectivity index (χ0n) is 32.3. The molecule has 2 aromatic carbocycles. The van der Waals surface area contributed by atoms with E-state index in [9.17, 15) is 0 Å². The maximum absolute atomic E-state index is 6.08. The molecule has 0 aliphatic carbocycles. The van der Waals surface area contributed by atoms with E-state index in [0.717, 1.165) is 61.0 Å². The average molecular weight is 818 g/mol. The molecule has 0 amide bonds. The first kappa shape index (κ1) is 38.3. The number of nitrogen functional groups attached to an aromatic ring is 2. The standard InChI is InChI=1S/C16H15N7.C14H19BN2O2.C8H8BrN5/c1-9-5-11(6-12-7-19-21-14(9)12)15-16(20-13(17)8-18-15)23-4-3-10(2)22-23;1-9-6-11(7-10-8-16-17-12(9)10)15-18-13(2,3)14(4,5)19-15;1-5-2-3-14(13-5)8-7(9)11-4-6(10)12-8/h3-8H,1-2H3,(H2,17,20)(H,19,21);6-8H,1-5H3,(H,16,17);2-4H,1H3,(H2,10,12). The summed E-state index contributed by atoms with van der Waals surface area (Å²) in [6.07, 6.45) is 10.3. The summed E-state index contributed by atoms with van der Waals surface area (Å²) in [5.74, 6) is 1.94. The number of aromatic amines is 2. The monoisotopic (exact) mass is 816 g/mol. The first-order valence-corrected chi connectivity index (χ1v) is 18.6. The number of hydrogen-bond donors (Lipinski definition) is 4. The number of aromatic nitrogens is 12. The lowest BCUT2D eigenvalue weighted by Gasteiger charge is -2.32. The van der Waals surface area contributed by atoms with Crippen LogP contribution in [-0.4, -0.2) is 78.2 Å². The number of aryl methyl sites for hydroxylation is 4. The zero-order chi connectivity index (χ0) is 39.9. The van der Waals surface area contributed by atoms with Crippen molar-refractivity contribution in [3.63, 3.8) is 0 Å². The minimum absolute atomic E-state index is 0.309. The molecule has 1 saturated heterocycles. The second-order valence-electron chi connectivity index (χ2n) is 14.6. The Morgan fingerprint density at radius 1 is 0.679 bits per heavy atom. The van der Waals surface area contributed by atoms with E-state index in [2.05, 4.69) is 119 Å². The van der Waals surface area contributed by atoms with Gasteiger partial charge in [-0.1, -0.05) is 12.1 Å². The van der Waals surface area contributed by atoms with E-state index in [-0.39, 0.29) is 18.3 Å². The van der Waals surface area contributed by atoms with Crippen molar-refractivity contribution < 1.29 is 9.31 Å². The van der Waals surface area contributed by atoms with Crippen molar-refractivity contribution in [3.8, 4) is 22.9 Å². The predicted octanol–water partition coefficient (Wildman–Crippen LogP) is 5.89. The Balaban J connectivity index is 0.000000133. The number of anilines is 2. The maximum Gasteiger partial charge on any atom is 0.494 e. The number of fused-ring (bicyclic) bond motifs is 2. The van der Waals surface area contributed by atoms with Crippen LogP contribution in [-0.2, 0) is 9.31 Å². The minimum atomic E-state index is -0.317. The zero-order valence-corrected chi connectivity index (χ0v) is 33.9. The van der Waals surface area contributed by atoms with E-state index in [0.29, 0.717) is 27.9 Å². The van der Waals surface area contributed by atoms with E-state index in [1.165, 1.54) is 6.20 Å². The molecule has 16 nitrogen and oxygen atoms in total. The second kappa shape index (κ2) is 14.9.